The number of ether oxygens (including phenoxy) is 1. The molecule has 2 aromatic heterocycles. The van der Waals surface area contributed by atoms with Crippen molar-refractivity contribution in [1.29, 1.82) is 0 Å². The Balaban J connectivity index is 1.42. The van der Waals surface area contributed by atoms with Crippen molar-refractivity contribution in [2.24, 2.45) is 7.05 Å². The van der Waals surface area contributed by atoms with E-state index in [1.807, 2.05) is 37.3 Å². The van der Waals surface area contributed by atoms with Crippen LogP contribution >= 0.6 is 0 Å². The number of H-pyrrole nitrogens is 1. The van der Waals surface area contributed by atoms with Gasteiger partial charge in [0.15, 0.2) is 6.61 Å². The minimum absolute atomic E-state index is 0.0361. The van der Waals surface area contributed by atoms with Crippen LogP contribution in [0.4, 0.5) is 5.82 Å². The number of aromatic amines is 1. The van der Waals surface area contributed by atoms with Crippen molar-refractivity contribution in [3.05, 3.63) is 117 Å². The Bertz CT molecular complexity index is 1780. The van der Waals surface area contributed by atoms with Gasteiger partial charge in [-0.15, -0.1) is 0 Å². The summed E-state index contributed by atoms with van der Waals surface area (Å²) in [5.41, 5.74) is 2.24. The van der Waals surface area contributed by atoms with E-state index in [4.69, 9.17) is 4.74 Å². The number of pyridine rings is 1. The first-order valence-electron chi connectivity index (χ1n) is 11.9. The quantitative estimate of drug-likeness (QED) is 0.339. The maximum atomic E-state index is 13.3. The number of hydrogen-bond acceptors (Lipinski definition) is 5. The van der Waals surface area contributed by atoms with E-state index < -0.39 is 18.5 Å². The normalized spacial score (nSPS) is 10.9. The first-order valence-corrected chi connectivity index (χ1v) is 11.9. The molecule has 0 aliphatic carbocycles. The van der Waals surface area contributed by atoms with Crippen molar-refractivity contribution in [3.63, 3.8) is 0 Å². The summed E-state index contributed by atoms with van der Waals surface area (Å²) in [5, 5.41) is 6.40. The van der Waals surface area contributed by atoms with Crippen LogP contribution in [0.1, 0.15) is 16.1 Å². The number of amides is 1. The number of carbonyl (C=O) groups is 2. The molecule has 0 fully saturated rings. The lowest BCUT2D eigenvalue weighted by atomic mass is 9.96. The molecule has 0 saturated carbocycles. The van der Waals surface area contributed by atoms with Gasteiger partial charge in [-0.05, 0) is 36.1 Å². The Kier molecular flexibility index (Phi) is 6.49. The van der Waals surface area contributed by atoms with Crippen molar-refractivity contribution in [3.8, 4) is 16.8 Å². The molecule has 0 bridgehead atoms. The number of rotatable bonds is 6. The molecule has 2 heterocycles. The zero-order chi connectivity index (χ0) is 26.8. The number of nitrogens with zero attached hydrogens (tertiary/aromatic N) is 2. The standard InChI is InChI=1S/C29H24N4O5/c1-18-12-14-19(15-13-18)26-21-10-6-7-11-22(21)28(36)32(2)27(26)29(37)38-17-24(34)30-23-16-25(35)33(31-23)20-8-4-3-5-9-20/h3-16,31H,17H2,1-2H3,(H,30,34). The number of esters is 1. The molecule has 9 nitrogen and oxygen atoms in total. The summed E-state index contributed by atoms with van der Waals surface area (Å²) in [7, 11) is 1.50. The van der Waals surface area contributed by atoms with Gasteiger partial charge in [0.05, 0.1) is 5.69 Å². The molecule has 0 spiro atoms. The smallest absolute Gasteiger partial charge is 0.356 e. The molecule has 1 amide bonds. The molecule has 2 N–H and O–H groups in total. The summed E-state index contributed by atoms with van der Waals surface area (Å²) in [6.45, 7) is 1.34. The van der Waals surface area contributed by atoms with Gasteiger partial charge in [0.2, 0.25) is 0 Å². The lowest BCUT2D eigenvalue weighted by Gasteiger charge is -2.17. The van der Waals surface area contributed by atoms with Gasteiger partial charge in [-0.25, -0.2) is 9.48 Å². The van der Waals surface area contributed by atoms with Crippen LogP contribution in [0, 0.1) is 6.92 Å². The minimum atomic E-state index is -0.823. The SMILES string of the molecule is Cc1ccc(-c2c(C(=O)OCC(=O)Nc3cc(=O)n(-c4ccccc4)[nH]3)n(C)c(=O)c3ccccc23)cc1. The van der Waals surface area contributed by atoms with Gasteiger partial charge >= 0.3 is 5.97 Å². The van der Waals surface area contributed by atoms with Crippen molar-refractivity contribution < 1.29 is 14.3 Å². The largest absolute Gasteiger partial charge is 0.451 e. The third-order valence-electron chi connectivity index (χ3n) is 6.18. The van der Waals surface area contributed by atoms with Gasteiger partial charge in [0.1, 0.15) is 11.5 Å². The minimum Gasteiger partial charge on any atom is -0.451 e. The molecule has 38 heavy (non-hydrogen) atoms. The third kappa shape index (κ3) is 4.64. The average Bonchev–Trinajstić information content (AvgIpc) is 3.29. The van der Waals surface area contributed by atoms with E-state index in [9.17, 15) is 19.2 Å². The summed E-state index contributed by atoms with van der Waals surface area (Å²) < 4.78 is 7.87. The van der Waals surface area contributed by atoms with Crippen LogP contribution in [0.5, 0.6) is 0 Å². The van der Waals surface area contributed by atoms with Crippen LogP contribution in [0.3, 0.4) is 0 Å². The van der Waals surface area contributed by atoms with Gasteiger partial charge < -0.3 is 14.6 Å². The van der Waals surface area contributed by atoms with Crippen LogP contribution in [-0.2, 0) is 16.6 Å². The fraction of sp³-hybridized carbons (Fsp3) is 0.103. The molecule has 0 unspecified atom stereocenters. The molecule has 0 aliphatic rings. The number of anilines is 1. The number of carbonyl (C=O) groups excluding carboxylic acids is 2. The molecule has 9 heteroatoms. The predicted octanol–water partition coefficient (Wildman–Crippen LogP) is 3.79. The second kappa shape index (κ2) is 10.1. The highest BCUT2D eigenvalue weighted by atomic mass is 16.5. The second-order valence-corrected chi connectivity index (χ2v) is 8.80. The lowest BCUT2D eigenvalue weighted by Crippen LogP contribution is -2.28. The van der Waals surface area contributed by atoms with Crippen LogP contribution in [0.2, 0.25) is 0 Å². The lowest BCUT2D eigenvalue weighted by molar-refractivity contribution is -0.119. The third-order valence-corrected chi connectivity index (χ3v) is 6.18. The van der Waals surface area contributed by atoms with Crippen molar-refractivity contribution in [2.75, 3.05) is 11.9 Å². The Morgan fingerprint density at radius 2 is 1.55 bits per heavy atom. The van der Waals surface area contributed by atoms with E-state index in [0.717, 1.165) is 11.1 Å². The van der Waals surface area contributed by atoms with Crippen molar-refractivity contribution >= 4 is 28.5 Å². The number of aromatic nitrogens is 3. The molecule has 0 saturated heterocycles. The number of aryl methyl sites for hydroxylation is 1. The second-order valence-electron chi connectivity index (χ2n) is 8.80. The molecule has 190 valence electrons. The topological polar surface area (TPSA) is 115 Å². The van der Waals surface area contributed by atoms with Gasteiger partial charge in [-0.3, -0.25) is 19.5 Å². The van der Waals surface area contributed by atoms with Crippen LogP contribution in [0.25, 0.3) is 27.6 Å². The van der Waals surface area contributed by atoms with Crippen LogP contribution in [0.15, 0.2) is 94.5 Å². The van der Waals surface area contributed by atoms with E-state index >= 15 is 0 Å². The predicted molar refractivity (Wildman–Crippen MR) is 145 cm³/mol. The number of benzene rings is 3. The Morgan fingerprint density at radius 1 is 0.895 bits per heavy atom. The molecular formula is C29H24N4O5. The molecule has 0 atom stereocenters. The Hall–Kier alpha value is -5.18. The van der Waals surface area contributed by atoms with E-state index in [1.165, 1.54) is 22.4 Å². The molecule has 3 aromatic carbocycles. The molecular weight excluding hydrogens is 484 g/mol. The van der Waals surface area contributed by atoms with Gasteiger partial charge in [0.25, 0.3) is 17.0 Å². The zero-order valence-corrected chi connectivity index (χ0v) is 20.7. The number of hydrogen-bond donors (Lipinski definition) is 2. The van der Waals surface area contributed by atoms with E-state index in [0.29, 0.717) is 22.0 Å². The molecule has 0 radical (unpaired) electrons. The van der Waals surface area contributed by atoms with Gasteiger partial charge in [-0.2, -0.15) is 0 Å². The highest BCUT2D eigenvalue weighted by Gasteiger charge is 2.23. The van der Waals surface area contributed by atoms with Crippen molar-refractivity contribution in [2.45, 2.75) is 6.92 Å². The highest BCUT2D eigenvalue weighted by molar-refractivity contribution is 6.07. The summed E-state index contributed by atoms with van der Waals surface area (Å²) in [6, 6.07) is 24.7. The summed E-state index contributed by atoms with van der Waals surface area (Å²) in [4.78, 5) is 51.2. The molecule has 0 aliphatic heterocycles. The maximum Gasteiger partial charge on any atom is 0.356 e. The number of para-hydroxylation sites is 1. The van der Waals surface area contributed by atoms with E-state index in [-0.39, 0.29) is 22.6 Å². The van der Waals surface area contributed by atoms with Crippen molar-refractivity contribution in [1.82, 2.24) is 14.3 Å². The Labute approximate surface area is 216 Å². The maximum absolute atomic E-state index is 13.3. The van der Waals surface area contributed by atoms with Crippen LogP contribution < -0.4 is 16.4 Å². The number of fused-ring (bicyclic) bond motifs is 1. The number of nitrogens with one attached hydrogen (secondary N) is 2. The summed E-state index contributed by atoms with van der Waals surface area (Å²) in [6.07, 6.45) is 0. The van der Waals surface area contributed by atoms with E-state index in [2.05, 4.69) is 10.4 Å². The Morgan fingerprint density at radius 3 is 2.26 bits per heavy atom. The summed E-state index contributed by atoms with van der Waals surface area (Å²) >= 11 is 0. The first kappa shape index (κ1) is 24.5. The highest BCUT2D eigenvalue weighted by Crippen LogP contribution is 2.31. The first-order chi connectivity index (χ1) is 18.3. The summed E-state index contributed by atoms with van der Waals surface area (Å²) in [5.74, 6) is -1.32. The zero-order valence-electron chi connectivity index (χ0n) is 20.7. The fourth-order valence-corrected chi connectivity index (χ4v) is 4.33. The molecule has 5 rings (SSSR count). The average molecular weight is 509 g/mol. The van der Waals surface area contributed by atoms with Gasteiger partial charge in [0, 0.05) is 24.1 Å². The van der Waals surface area contributed by atoms with Gasteiger partial charge in [-0.1, -0.05) is 66.2 Å². The molecule has 5 aromatic rings. The van der Waals surface area contributed by atoms with E-state index in [1.54, 1.807) is 48.5 Å². The fourth-order valence-electron chi connectivity index (χ4n) is 4.33. The van der Waals surface area contributed by atoms with Crippen LogP contribution in [-0.4, -0.2) is 32.8 Å². The monoisotopic (exact) mass is 508 g/mol.